The monoisotopic (exact) mass is 250 g/mol. The number of carbonyl (C=O) groups is 1. The summed E-state index contributed by atoms with van der Waals surface area (Å²) in [7, 11) is 3.17. The van der Waals surface area contributed by atoms with E-state index in [4.69, 9.17) is 9.47 Å². The Morgan fingerprint density at radius 2 is 1.94 bits per heavy atom. The highest BCUT2D eigenvalue weighted by Gasteiger charge is 2.23. The zero-order chi connectivity index (χ0) is 13.7. The first-order valence-corrected chi connectivity index (χ1v) is 6.28. The summed E-state index contributed by atoms with van der Waals surface area (Å²) in [6.07, 6.45) is 1.26. The van der Waals surface area contributed by atoms with Crippen molar-refractivity contribution in [3.05, 3.63) is 28.8 Å². The predicted molar refractivity (Wildman–Crippen MR) is 72.5 cm³/mol. The molecule has 0 aromatic heterocycles. The van der Waals surface area contributed by atoms with Gasteiger partial charge in [0.2, 0.25) is 0 Å². The van der Waals surface area contributed by atoms with Crippen molar-refractivity contribution < 1.29 is 14.3 Å². The van der Waals surface area contributed by atoms with Crippen LogP contribution in [0.2, 0.25) is 0 Å². The van der Waals surface area contributed by atoms with Crippen LogP contribution in [-0.2, 0) is 4.74 Å². The number of rotatable bonds is 6. The fourth-order valence-electron chi connectivity index (χ4n) is 2.04. The third-order valence-electron chi connectivity index (χ3n) is 3.27. The van der Waals surface area contributed by atoms with Gasteiger partial charge >= 0.3 is 0 Å². The van der Waals surface area contributed by atoms with Crippen LogP contribution in [0.15, 0.2) is 12.1 Å². The zero-order valence-electron chi connectivity index (χ0n) is 11.9. The molecule has 0 radical (unpaired) electrons. The SMILES string of the molecule is CCCC(OC)C(=O)c1ccc(C)c(C)c1OC. The first-order valence-electron chi connectivity index (χ1n) is 6.28. The average Bonchev–Trinajstić information content (AvgIpc) is 2.38. The number of ketones is 1. The van der Waals surface area contributed by atoms with E-state index in [0.717, 1.165) is 24.0 Å². The molecule has 0 saturated heterocycles. The van der Waals surface area contributed by atoms with Gasteiger partial charge in [0.15, 0.2) is 5.78 Å². The number of Topliss-reactive ketones (excluding diaryl/α,β-unsaturated/α-hetero) is 1. The minimum absolute atomic E-state index is 0.000648. The van der Waals surface area contributed by atoms with Crippen LogP contribution >= 0.6 is 0 Å². The van der Waals surface area contributed by atoms with Crippen LogP contribution in [-0.4, -0.2) is 26.1 Å². The third-order valence-corrected chi connectivity index (χ3v) is 3.27. The quantitative estimate of drug-likeness (QED) is 0.727. The summed E-state index contributed by atoms with van der Waals surface area (Å²) < 4.78 is 10.6. The van der Waals surface area contributed by atoms with Gasteiger partial charge in [-0.15, -0.1) is 0 Å². The largest absolute Gasteiger partial charge is 0.496 e. The van der Waals surface area contributed by atoms with Crippen LogP contribution in [0.5, 0.6) is 5.75 Å². The van der Waals surface area contributed by atoms with E-state index < -0.39 is 0 Å². The van der Waals surface area contributed by atoms with Crippen molar-refractivity contribution in [2.24, 2.45) is 0 Å². The van der Waals surface area contributed by atoms with Crippen molar-refractivity contribution in [1.29, 1.82) is 0 Å². The Bertz CT molecular complexity index is 424. The molecule has 1 unspecified atom stereocenters. The first kappa shape index (κ1) is 14.7. The lowest BCUT2D eigenvalue weighted by Gasteiger charge is -2.17. The number of ether oxygens (including phenoxy) is 2. The third kappa shape index (κ3) is 2.91. The van der Waals surface area contributed by atoms with Crippen molar-refractivity contribution in [1.82, 2.24) is 0 Å². The van der Waals surface area contributed by atoms with Crippen LogP contribution in [0.1, 0.15) is 41.3 Å². The molecule has 3 nitrogen and oxygen atoms in total. The normalized spacial score (nSPS) is 12.3. The van der Waals surface area contributed by atoms with Gasteiger partial charge in [0, 0.05) is 7.11 Å². The summed E-state index contributed by atoms with van der Waals surface area (Å²) in [5.74, 6) is 0.664. The number of aryl methyl sites for hydroxylation is 1. The van der Waals surface area contributed by atoms with Crippen molar-refractivity contribution in [2.45, 2.75) is 39.7 Å². The second-order valence-electron chi connectivity index (χ2n) is 4.47. The molecular formula is C15H22O3. The average molecular weight is 250 g/mol. The molecule has 0 amide bonds. The number of carbonyl (C=O) groups excluding carboxylic acids is 1. The van der Waals surface area contributed by atoms with Gasteiger partial charge in [-0.25, -0.2) is 0 Å². The maximum Gasteiger partial charge on any atom is 0.195 e. The van der Waals surface area contributed by atoms with Crippen LogP contribution < -0.4 is 4.74 Å². The van der Waals surface area contributed by atoms with E-state index in [-0.39, 0.29) is 11.9 Å². The van der Waals surface area contributed by atoms with Gasteiger partial charge in [-0.3, -0.25) is 4.79 Å². The number of methoxy groups -OCH3 is 2. The Balaban J connectivity index is 3.16. The van der Waals surface area contributed by atoms with Gasteiger partial charge in [0.25, 0.3) is 0 Å². The molecule has 1 atom stereocenters. The molecular weight excluding hydrogens is 228 g/mol. The molecule has 18 heavy (non-hydrogen) atoms. The molecule has 0 aliphatic heterocycles. The lowest BCUT2D eigenvalue weighted by Crippen LogP contribution is -2.23. The Morgan fingerprint density at radius 3 is 2.44 bits per heavy atom. The van der Waals surface area contributed by atoms with Gasteiger partial charge in [-0.05, 0) is 37.5 Å². The lowest BCUT2D eigenvalue weighted by molar-refractivity contribution is 0.0575. The predicted octanol–water partition coefficient (Wildman–Crippen LogP) is 3.31. The molecule has 0 aliphatic carbocycles. The molecule has 0 aliphatic rings. The van der Waals surface area contributed by atoms with E-state index in [1.807, 2.05) is 32.9 Å². The molecule has 1 rings (SSSR count). The van der Waals surface area contributed by atoms with Gasteiger partial charge < -0.3 is 9.47 Å². The minimum Gasteiger partial charge on any atom is -0.496 e. The van der Waals surface area contributed by atoms with Crippen LogP contribution in [0.3, 0.4) is 0 Å². The summed E-state index contributed by atoms with van der Waals surface area (Å²) in [5.41, 5.74) is 2.74. The number of hydrogen-bond donors (Lipinski definition) is 0. The topological polar surface area (TPSA) is 35.5 Å². The molecule has 0 N–H and O–H groups in total. The number of benzene rings is 1. The Kier molecular flexibility index (Phi) is 5.35. The van der Waals surface area contributed by atoms with Crippen LogP contribution in [0.25, 0.3) is 0 Å². The zero-order valence-corrected chi connectivity index (χ0v) is 11.9. The second kappa shape index (κ2) is 6.55. The highest BCUT2D eigenvalue weighted by atomic mass is 16.5. The summed E-state index contributed by atoms with van der Waals surface area (Å²) in [4.78, 5) is 12.4. The van der Waals surface area contributed by atoms with E-state index >= 15 is 0 Å². The molecule has 3 heteroatoms. The summed E-state index contributed by atoms with van der Waals surface area (Å²) >= 11 is 0. The number of hydrogen-bond acceptors (Lipinski definition) is 3. The highest BCUT2D eigenvalue weighted by molar-refractivity contribution is 6.02. The van der Waals surface area contributed by atoms with Crippen LogP contribution in [0, 0.1) is 13.8 Å². The van der Waals surface area contributed by atoms with Gasteiger partial charge in [0.1, 0.15) is 11.9 Å². The second-order valence-corrected chi connectivity index (χ2v) is 4.47. The van der Waals surface area contributed by atoms with Gasteiger partial charge in [0.05, 0.1) is 12.7 Å². The molecule has 0 fully saturated rings. The Labute approximate surface area is 109 Å². The fraction of sp³-hybridized carbons (Fsp3) is 0.533. The minimum atomic E-state index is -0.383. The van der Waals surface area contributed by atoms with Crippen molar-refractivity contribution in [3.63, 3.8) is 0 Å². The maximum atomic E-state index is 12.4. The Morgan fingerprint density at radius 1 is 1.28 bits per heavy atom. The molecule has 0 spiro atoms. The standard InChI is InChI=1S/C15H22O3/c1-6-7-13(17-4)14(16)12-9-8-10(2)11(3)15(12)18-5/h8-9,13H,6-7H2,1-5H3. The highest BCUT2D eigenvalue weighted by Crippen LogP contribution is 2.28. The molecule has 1 aromatic rings. The smallest absolute Gasteiger partial charge is 0.195 e. The Hall–Kier alpha value is -1.35. The lowest BCUT2D eigenvalue weighted by atomic mass is 9.97. The van der Waals surface area contributed by atoms with E-state index in [9.17, 15) is 4.79 Å². The van der Waals surface area contributed by atoms with E-state index in [0.29, 0.717) is 11.3 Å². The molecule has 0 heterocycles. The van der Waals surface area contributed by atoms with Crippen LogP contribution in [0.4, 0.5) is 0 Å². The van der Waals surface area contributed by atoms with E-state index in [2.05, 4.69) is 0 Å². The molecule has 0 bridgehead atoms. The van der Waals surface area contributed by atoms with E-state index in [1.54, 1.807) is 14.2 Å². The maximum absolute atomic E-state index is 12.4. The van der Waals surface area contributed by atoms with Crippen molar-refractivity contribution in [3.8, 4) is 5.75 Å². The van der Waals surface area contributed by atoms with E-state index in [1.165, 1.54) is 0 Å². The van der Waals surface area contributed by atoms with Gasteiger partial charge in [-0.2, -0.15) is 0 Å². The molecule has 0 saturated carbocycles. The van der Waals surface area contributed by atoms with Crippen molar-refractivity contribution in [2.75, 3.05) is 14.2 Å². The molecule has 1 aromatic carbocycles. The first-order chi connectivity index (χ1) is 8.56. The summed E-state index contributed by atoms with van der Waals surface area (Å²) in [6.45, 7) is 6.01. The molecule has 100 valence electrons. The van der Waals surface area contributed by atoms with Crippen molar-refractivity contribution >= 4 is 5.78 Å². The summed E-state index contributed by atoms with van der Waals surface area (Å²) in [5, 5.41) is 0. The van der Waals surface area contributed by atoms with Gasteiger partial charge in [-0.1, -0.05) is 19.4 Å². The summed E-state index contributed by atoms with van der Waals surface area (Å²) in [6, 6.07) is 3.77. The fourth-order valence-corrected chi connectivity index (χ4v) is 2.04.